The number of nitrogens with one attached hydrogen (secondary N) is 1. The van der Waals surface area contributed by atoms with Crippen molar-refractivity contribution in [3.63, 3.8) is 0 Å². The normalized spacial score (nSPS) is 14.3. The lowest BCUT2D eigenvalue weighted by Crippen LogP contribution is -2.33. The molecular weight excluding hydrogens is 429 g/mol. The van der Waals surface area contributed by atoms with Crippen LogP contribution in [0.15, 0.2) is 72.4 Å². The average molecular weight is 450 g/mol. The van der Waals surface area contributed by atoms with Crippen LogP contribution in [-0.4, -0.2) is 11.8 Å². The van der Waals surface area contributed by atoms with E-state index in [4.69, 9.17) is 0 Å². The molecule has 0 radical (unpaired) electrons. The average Bonchev–Trinajstić information content (AvgIpc) is 3.00. The van der Waals surface area contributed by atoms with E-state index in [0.29, 0.717) is 11.3 Å². The Bertz CT molecular complexity index is 1310. The second-order valence-electron chi connectivity index (χ2n) is 7.98. The molecule has 1 aliphatic rings. The fourth-order valence-corrected chi connectivity index (χ4v) is 3.76. The lowest BCUT2D eigenvalue weighted by molar-refractivity contribution is -0.137. The van der Waals surface area contributed by atoms with E-state index in [1.165, 1.54) is 12.1 Å². The van der Waals surface area contributed by atoms with Gasteiger partial charge in [0.2, 0.25) is 0 Å². The van der Waals surface area contributed by atoms with Crippen LogP contribution in [0, 0.1) is 20.8 Å². The first kappa shape index (κ1) is 22.3. The van der Waals surface area contributed by atoms with Crippen molar-refractivity contribution in [2.75, 3.05) is 10.2 Å². The highest BCUT2D eigenvalue weighted by Gasteiger charge is 2.41. The van der Waals surface area contributed by atoms with Crippen molar-refractivity contribution in [2.45, 2.75) is 26.9 Å². The molecule has 0 atom stereocenters. The van der Waals surface area contributed by atoms with Crippen LogP contribution in [0.4, 0.5) is 24.5 Å². The monoisotopic (exact) mass is 450 g/mol. The molecule has 3 aromatic carbocycles. The second-order valence-corrected chi connectivity index (χ2v) is 7.98. The molecule has 1 aliphatic heterocycles. The summed E-state index contributed by atoms with van der Waals surface area (Å²) in [4.78, 5) is 28.0. The van der Waals surface area contributed by atoms with Crippen molar-refractivity contribution in [2.24, 2.45) is 0 Å². The Balaban J connectivity index is 1.86. The number of anilines is 2. The molecule has 1 heterocycles. The fourth-order valence-electron chi connectivity index (χ4n) is 3.76. The molecule has 33 heavy (non-hydrogen) atoms. The first-order chi connectivity index (χ1) is 15.6. The van der Waals surface area contributed by atoms with E-state index in [2.05, 4.69) is 5.32 Å². The molecule has 7 heteroatoms. The molecule has 4 nitrogen and oxygen atoms in total. The topological polar surface area (TPSA) is 49.4 Å². The van der Waals surface area contributed by atoms with E-state index < -0.39 is 23.6 Å². The Morgan fingerprint density at radius 1 is 0.758 bits per heavy atom. The van der Waals surface area contributed by atoms with Crippen molar-refractivity contribution < 1.29 is 22.8 Å². The predicted molar refractivity (Wildman–Crippen MR) is 122 cm³/mol. The number of hydrogen-bond donors (Lipinski definition) is 1. The molecule has 2 amide bonds. The number of carbonyl (C=O) groups excluding carboxylic acids is 2. The van der Waals surface area contributed by atoms with Crippen LogP contribution in [0.1, 0.15) is 27.8 Å². The minimum Gasteiger partial charge on any atom is -0.350 e. The van der Waals surface area contributed by atoms with Gasteiger partial charge in [0.05, 0.1) is 16.8 Å². The molecule has 0 aliphatic carbocycles. The van der Waals surface area contributed by atoms with E-state index in [1.807, 2.05) is 19.9 Å². The molecule has 0 fully saturated rings. The zero-order chi connectivity index (χ0) is 23.9. The summed E-state index contributed by atoms with van der Waals surface area (Å²) in [5, 5.41) is 2.80. The number of amides is 2. The van der Waals surface area contributed by atoms with Gasteiger partial charge in [0.1, 0.15) is 5.70 Å². The maximum Gasteiger partial charge on any atom is 0.416 e. The number of alkyl halides is 3. The fraction of sp³-hybridized carbons (Fsp3) is 0.154. The molecule has 4 rings (SSSR count). The number of aryl methyl sites for hydroxylation is 3. The molecule has 0 saturated carbocycles. The number of benzene rings is 3. The first-order valence-electron chi connectivity index (χ1n) is 10.3. The third-order valence-electron chi connectivity index (χ3n) is 5.70. The summed E-state index contributed by atoms with van der Waals surface area (Å²) in [7, 11) is 0. The summed E-state index contributed by atoms with van der Waals surface area (Å²) in [5.41, 5.74) is 2.86. The Morgan fingerprint density at radius 3 is 2.15 bits per heavy atom. The molecule has 1 N–H and O–H groups in total. The zero-order valence-corrected chi connectivity index (χ0v) is 18.2. The maximum atomic E-state index is 13.5. The third kappa shape index (κ3) is 4.14. The van der Waals surface area contributed by atoms with E-state index >= 15 is 0 Å². The molecule has 0 saturated heterocycles. The van der Waals surface area contributed by atoms with Gasteiger partial charge in [-0.25, -0.2) is 4.90 Å². The Morgan fingerprint density at radius 2 is 1.48 bits per heavy atom. The molecule has 3 aromatic rings. The van der Waals surface area contributed by atoms with Crippen molar-refractivity contribution in [1.29, 1.82) is 0 Å². The number of rotatable bonds is 4. The standard InChI is InChI=1S/C26H21F3N2O2/c1-15-11-12-18(13-17(15)3)22-23(30-20-9-6-8-19(14-20)26(27,28)29)25(33)31(24(22)32)21-10-5-4-7-16(21)2/h4-14,30H,1-3H3. The van der Waals surface area contributed by atoms with Crippen LogP contribution in [0.3, 0.4) is 0 Å². The van der Waals surface area contributed by atoms with E-state index in [-0.39, 0.29) is 17.0 Å². The van der Waals surface area contributed by atoms with Gasteiger partial charge in [0, 0.05) is 5.69 Å². The van der Waals surface area contributed by atoms with Gasteiger partial charge in [-0.1, -0.05) is 42.5 Å². The molecular formula is C26H21F3N2O2. The summed E-state index contributed by atoms with van der Waals surface area (Å²) in [6.45, 7) is 5.60. The first-order valence-corrected chi connectivity index (χ1v) is 10.3. The largest absolute Gasteiger partial charge is 0.416 e. The van der Waals surface area contributed by atoms with Crippen LogP contribution >= 0.6 is 0 Å². The highest BCUT2D eigenvalue weighted by Crippen LogP contribution is 2.36. The number of carbonyl (C=O) groups is 2. The minimum atomic E-state index is -4.54. The van der Waals surface area contributed by atoms with Gasteiger partial charge in [-0.05, 0) is 67.3 Å². The number of hydrogen-bond acceptors (Lipinski definition) is 3. The highest BCUT2D eigenvalue weighted by atomic mass is 19.4. The van der Waals surface area contributed by atoms with Crippen molar-refractivity contribution in [3.05, 3.63) is 100 Å². The Kier molecular flexibility index (Phi) is 5.57. The van der Waals surface area contributed by atoms with E-state index in [1.54, 1.807) is 43.3 Å². The molecule has 0 aromatic heterocycles. The second kappa shape index (κ2) is 8.24. The number of imide groups is 1. The quantitative estimate of drug-likeness (QED) is 0.494. The van der Waals surface area contributed by atoms with Gasteiger partial charge in [0.15, 0.2) is 0 Å². The predicted octanol–water partition coefficient (Wildman–Crippen LogP) is 6.03. The summed E-state index contributed by atoms with van der Waals surface area (Å²) in [5.74, 6) is -1.16. The number of para-hydroxylation sites is 1. The summed E-state index contributed by atoms with van der Waals surface area (Å²) < 4.78 is 39.6. The molecule has 0 spiro atoms. The number of halogens is 3. The maximum absolute atomic E-state index is 13.5. The molecule has 0 bridgehead atoms. The lowest BCUT2D eigenvalue weighted by atomic mass is 9.99. The Labute approximate surface area is 189 Å². The highest BCUT2D eigenvalue weighted by molar-refractivity contribution is 6.46. The SMILES string of the molecule is Cc1ccc(C2=C(Nc3cccc(C(F)(F)F)c3)C(=O)N(c3ccccc3C)C2=O)cc1C. The summed E-state index contributed by atoms with van der Waals surface area (Å²) in [6.07, 6.45) is -4.54. The Hall–Kier alpha value is -3.87. The zero-order valence-electron chi connectivity index (χ0n) is 18.2. The molecule has 168 valence electrons. The smallest absolute Gasteiger partial charge is 0.350 e. The minimum absolute atomic E-state index is 0.0638. The van der Waals surface area contributed by atoms with Crippen LogP contribution in [0.25, 0.3) is 5.57 Å². The van der Waals surface area contributed by atoms with E-state index in [9.17, 15) is 22.8 Å². The van der Waals surface area contributed by atoms with Crippen molar-refractivity contribution >= 4 is 28.8 Å². The van der Waals surface area contributed by atoms with Crippen molar-refractivity contribution in [3.8, 4) is 0 Å². The van der Waals surface area contributed by atoms with Gasteiger partial charge in [-0.15, -0.1) is 0 Å². The van der Waals surface area contributed by atoms with Gasteiger partial charge in [-0.2, -0.15) is 13.2 Å². The van der Waals surface area contributed by atoms with Gasteiger partial charge < -0.3 is 5.32 Å². The van der Waals surface area contributed by atoms with Crippen LogP contribution in [0.5, 0.6) is 0 Å². The van der Waals surface area contributed by atoms with Gasteiger partial charge in [0.25, 0.3) is 11.8 Å². The van der Waals surface area contributed by atoms with E-state index in [0.717, 1.165) is 33.7 Å². The summed E-state index contributed by atoms with van der Waals surface area (Å²) >= 11 is 0. The van der Waals surface area contributed by atoms with Crippen LogP contribution < -0.4 is 10.2 Å². The summed E-state index contributed by atoms with van der Waals surface area (Å²) in [6, 6.07) is 16.9. The third-order valence-corrected chi connectivity index (χ3v) is 5.70. The van der Waals surface area contributed by atoms with Crippen LogP contribution in [-0.2, 0) is 15.8 Å². The van der Waals surface area contributed by atoms with Crippen molar-refractivity contribution in [1.82, 2.24) is 0 Å². The van der Waals surface area contributed by atoms with Crippen LogP contribution in [0.2, 0.25) is 0 Å². The van der Waals surface area contributed by atoms with Gasteiger partial charge >= 0.3 is 6.18 Å². The molecule has 0 unspecified atom stereocenters. The van der Waals surface area contributed by atoms with Gasteiger partial charge in [-0.3, -0.25) is 9.59 Å². The number of nitrogens with zero attached hydrogens (tertiary/aromatic N) is 1. The lowest BCUT2D eigenvalue weighted by Gasteiger charge is -2.18.